The SMILES string of the molecule is O=C(COc1ccc(Cl)c(F)c1)NC12CC(NC(=O)[C@@H]3C=Cc4cc(Cl)ccc4O3)(C1)C2. The fourth-order valence-corrected chi connectivity index (χ4v) is 5.00. The van der Waals surface area contributed by atoms with Crippen LogP contribution in [0.3, 0.4) is 0 Å². The van der Waals surface area contributed by atoms with Crippen molar-refractivity contribution in [1.29, 1.82) is 0 Å². The van der Waals surface area contributed by atoms with E-state index in [1.54, 1.807) is 24.3 Å². The van der Waals surface area contributed by atoms with E-state index in [2.05, 4.69) is 10.6 Å². The normalized spacial score (nSPS) is 26.7. The molecule has 166 valence electrons. The van der Waals surface area contributed by atoms with Gasteiger partial charge in [-0.2, -0.15) is 0 Å². The number of amides is 2. The lowest BCUT2D eigenvalue weighted by atomic mass is 9.44. The fourth-order valence-electron chi connectivity index (χ4n) is 4.70. The Hall–Kier alpha value is -2.77. The molecular formula is C23H19Cl2FN2O4. The molecule has 3 fully saturated rings. The zero-order chi connectivity index (χ0) is 22.5. The summed E-state index contributed by atoms with van der Waals surface area (Å²) in [6.45, 7) is -0.230. The van der Waals surface area contributed by atoms with Crippen LogP contribution >= 0.6 is 23.2 Å². The number of ether oxygens (including phenoxy) is 2. The minimum Gasteiger partial charge on any atom is -0.484 e. The maximum Gasteiger partial charge on any atom is 0.265 e. The first-order chi connectivity index (χ1) is 15.2. The van der Waals surface area contributed by atoms with Gasteiger partial charge < -0.3 is 20.1 Å². The van der Waals surface area contributed by atoms with Crippen molar-refractivity contribution in [1.82, 2.24) is 10.6 Å². The third kappa shape index (κ3) is 3.91. The van der Waals surface area contributed by atoms with E-state index in [0.29, 0.717) is 30.0 Å². The number of benzene rings is 2. The third-order valence-corrected chi connectivity index (χ3v) is 6.56. The number of rotatable bonds is 6. The van der Waals surface area contributed by atoms with E-state index in [9.17, 15) is 14.0 Å². The lowest BCUT2D eigenvalue weighted by Gasteiger charge is -2.70. The molecule has 1 heterocycles. The van der Waals surface area contributed by atoms with Gasteiger partial charge in [-0.05, 0) is 55.7 Å². The standard InChI is InChI=1S/C23H19Cl2FN2O4/c24-14-2-6-18-13(7-14)1-5-19(32-18)21(30)28-23-10-22(11-23,12-23)27-20(29)9-31-15-3-4-16(25)17(26)8-15/h1-8,19H,9-12H2,(H,27,29)(H,28,30)/t19-,22?,23?/m0/s1. The number of hydrogen-bond donors (Lipinski definition) is 2. The highest BCUT2D eigenvalue weighted by Gasteiger charge is 2.69. The largest absolute Gasteiger partial charge is 0.484 e. The van der Waals surface area contributed by atoms with E-state index in [1.165, 1.54) is 12.1 Å². The van der Waals surface area contributed by atoms with Crippen LogP contribution in [0, 0.1) is 5.82 Å². The Bertz CT molecular complexity index is 1130. The van der Waals surface area contributed by atoms with Crippen LogP contribution < -0.4 is 20.1 Å². The summed E-state index contributed by atoms with van der Waals surface area (Å²) in [7, 11) is 0. The zero-order valence-electron chi connectivity index (χ0n) is 16.8. The molecule has 0 unspecified atom stereocenters. The van der Waals surface area contributed by atoms with Gasteiger partial charge in [0.15, 0.2) is 12.7 Å². The smallest absolute Gasteiger partial charge is 0.265 e. The van der Waals surface area contributed by atoms with E-state index in [4.69, 9.17) is 32.7 Å². The van der Waals surface area contributed by atoms with Crippen LogP contribution in [-0.2, 0) is 9.59 Å². The van der Waals surface area contributed by atoms with Gasteiger partial charge in [-0.15, -0.1) is 0 Å². The van der Waals surface area contributed by atoms with Crippen LogP contribution in [0.5, 0.6) is 11.5 Å². The molecule has 6 rings (SSSR count). The maximum absolute atomic E-state index is 13.4. The number of halogens is 3. The first-order valence-corrected chi connectivity index (χ1v) is 10.9. The molecule has 2 aromatic carbocycles. The molecule has 6 nitrogen and oxygen atoms in total. The molecule has 9 heteroatoms. The first kappa shape index (κ1) is 21.1. The summed E-state index contributed by atoms with van der Waals surface area (Å²) in [5, 5.41) is 6.61. The Morgan fingerprint density at radius 2 is 1.84 bits per heavy atom. The number of carbonyl (C=O) groups is 2. The second kappa shape index (κ2) is 7.67. The summed E-state index contributed by atoms with van der Waals surface area (Å²) in [4.78, 5) is 24.9. The first-order valence-electron chi connectivity index (χ1n) is 10.1. The monoisotopic (exact) mass is 476 g/mol. The maximum atomic E-state index is 13.4. The van der Waals surface area contributed by atoms with Gasteiger partial charge in [-0.25, -0.2) is 4.39 Å². The molecule has 4 aliphatic rings. The average Bonchev–Trinajstić information content (AvgIpc) is 2.71. The van der Waals surface area contributed by atoms with Crippen molar-refractivity contribution in [3.05, 3.63) is 63.9 Å². The predicted octanol–water partition coefficient (Wildman–Crippen LogP) is 3.89. The zero-order valence-corrected chi connectivity index (χ0v) is 18.3. The molecule has 0 saturated heterocycles. The highest BCUT2D eigenvalue weighted by Crippen LogP contribution is 2.60. The number of fused-ring (bicyclic) bond motifs is 1. The fraction of sp³-hybridized carbons (Fsp3) is 0.304. The van der Waals surface area contributed by atoms with Crippen molar-refractivity contribution < 1.29 is 23.5 Å². The number of carbonyl (C=O) groups excluding carboxylic acids is 2. The van der Waals surface area contributed by atoms with Crippen LogP contribution in [0.15, 0.2) is 42.5 Å². The Labute approximate surface area is 193 Å². The molecular weight excluding hydrogens is 458 g/mol. The molecule has 2 bridgehead atoms. The Kier molecular flexibility index (Phi) is 5.06. The van der Waals surface area contributed by atoms with Gasteiger partial charge in [0, 0.05) is 27.7 Å². The molecule has 1 atom stereocenters. The average molecular weight is 477 g/mol. The van der Waals surface area contributed by atoms with Crippen LogP contribution in [-0.4, -0.2) is 35.6 Å². The predicted molar refractivity (Wildman–Crippen MR) is 117 cm³/mol. The van der Waals surface area contributed by atoms with Gasteiger partial charge in [0.25, 0.3) is 11.8 Å². The highest BCUT2D eigenvalue weighted by atomic mass is 35.5. The molecule has 0 aromatic heterocycles. The van der Waals surface area contributed by atoms with Gasteiger partial charge in [-0.1, -0.05) is 29.3 Å². The van der Waals surface area contributed by atoms with Crippen molar-refractivity contribution in [3.8, 4) is 11.5 Å². The lowest BCUT2D eigenvalue weighted by Crippen LogP contribution is -2.84. The molecule has 32 heavy (non-hydrogen) atoms. The van der Waals surface area contributed by atoms with E-state index in [0.717, 1.165) is 11.6 Å². The third-order valence-electron chi connectivity index (χ3n) is 6.02. The van der Waals surface area contributed by atoms with Crippen molar-refractivity contribution in [3.63, 3.8) is 0 Å². The van der Waals surface area contributed by atoms with Crippen LogP contribution in [0.25, 0.3) is 6.08 Å². The summed E-state index contributed by atoms with van der Waals surface area (Å²) in [5.41, 5.74) is 0.186. The van der Waals surface area contributed by atoms with E-state index < -0.39 is 11.9 Å². The van der Waals surface area contributed by atoms with Crippen LogP contribution in [0.4, 0.5) is 4.39 Å². The number of nitrogens with one attached hydrogen (secondary N) is 2. The molecule has 3 saturated carbocycles. The van der Waals surface area contributed by atoms with E-state index in [1.807, 2.05) is 6.08 Å². The summed E-state index contributed by atoms with van der Waals surface area (Å²) in [6, 6.07) is 9.25. The highest BCUT2D eigenvalue weighted by molar-refractivity contribution is 6.31. The van der Waals surface area contributed by atoms with Gasteiger partial charge >= 0.3 is 0 Å². The van der Waals surface area contributed by atoms with Crippen molar-refractivity contribution in [2.45, 2.75) is 36.4 Å². The molecule has 2 N–H and O–H groups in total. The second-order valence-electron chi connectivity index (χ2n) is 8.57. The topological polar surface area (TPSA) is 76.7 Å². The summed E-state index contributed by atoms with van der Waals surface area (Å²) < 4.78 is 24.6. The van der Waals surface area contributed by atoms with Gasteiger partial charge in [0.05, 0.1) is 5.02 Å². The minimum atomic E-state index is -0.712. The molecule has 3 aliphatic carbocycles. The molecule has 2 amide bonds. The van der Waals surface area contributed by atoms with Crippen LogP contribution in [0.2, 0.25) is 10.0 Å². The second-order valence-corrected chi connectivity index (χ2v) is 9.42. The van der Waals surface area contributed by atoms with Crippen molar-refractivity contribution in [2.75, 3.05) is 6.61 Å². The van der Waals surface area contributed by atoms with Gasteiger partial charge in [0.1, 0.15) is 17.3 Å². The Morgan fingerprint density at radius 1 is 1.09 bits per heavy atom. The van der Waals surface area contributed by atoms with E-state index in [-0.39, 0.29) is 40.3 Å². The molecule has 1 aliphatic heterocycles. The summed E-state index contributed by atoms with van der Waals surface area (Å²) >= 11 is 11.6. The van der Waals surface area contributed by atoms with Crippen molar-refractivity contribution >= 4 is 41.1 Å². The van der Waals surface area contributed by atoms with Crippen LogP contribution in [0.1, 0.15) is 24.8 Å². The lowest BCUT2D eigenvalue weighted by molar-refractivity contribution is -0.152. The Morgan fingerprint density at radius 3 is 2.59 bits per heavy atom. The van der Waals surface area contributed by atoms with Crippen molar-refractivity contribution in [2.24, 2.45) is 0 Å². The van der Waals surface area contributed by atoms with Gasteiger partial charge in [-0.3, -0.25) is 9.59 Å². The molecule has 0 spiro atoms. The quantitative estimate of drug-likeness (QED) is 0.662. The molecule has 2 aromatic rings. The van der Waals surface area contributed by atoms with E-state index >= 15 is 0 Å². The number of hydrogen-bond acceptors (Lipinski definition) is 4. The Balaban J connectivity index is 1.09. The minimum absolute atomic E-state index is 0.00858. The van der Waals surface area contributed by atoms with Gasteiger partial charge in [0.2, 0.25) is 0 Å². The summed E-state index contributed by atoms with van der Waals surface area (Å²) in [5.74, 6) is -0.277. The molecule has 0 radical (unpaired) electrons. The summed E-state index contributed by atoms with van der Waals surface area (Å²) in [6.07, 6.45) is 4.76.